The minimum absolute atomic E-state index is 1.21. The Labute approximate surface area is 159 Å². The fraction of sp³-hybridized carbons (Fsp3) is 0.500. The molecule has 0 bridgehead atoms. The van der Waals surface area contributed by atoms with E-state index in [0.717, 1.165) is 0 Å². The molecule has 0 atom stereocenters. The Hall–Kier alpha value is -0.941. The van der Waals surface area contributed by atoms with Crippen molar-refractivity contribution in [1.82, 2.24) is 0 Å². The number of fused-ring (bicyclic) bond motifs is 1. The van der Waals surface area contributed by atoms with Crippen LogP contribution in [0.5, 0.6) is 0 Å². The Balaban J connectivity index is 2.30. The average molecular weight is 441 g/mol. The van der Waals surface area contributed by atoms with E-state index in [4.69, 9.17) is 0 Å². The van der Waals surface area contributed by atoms with Gasteiger partial charge < -0.3 is 0 Å². The topological polar surface area (TPSA) is 0 Å². The van der Waals surface area contributed by atoms with Crippen molar-refractivity contribution in [3.8, 4) is 9.86 Å². The second kappa shape index (κ2) is 10.9. The van der Waals surface area contributed by atoms with Gasteiger partial charge in [-0.2, -0.15) is 0 Å². The molecule has 0 unspecified atom stereocenters. The fourth-order valence-corrected chi connectivity index (χ4v) is 16.8. The molecule has 0 aliphatic rings. The first-order valence-corrected chi connectivity index (χ1v) is 17.7. The summed E-state index contributed by atoms with van der Waals surface area (Å²) in [5.41, 5.74) is 1.21. The Morgan fingerprint density at radius 1 is 0.720 bits per heavy atom. The molecule has 0 aromatic heterocycles. The van der Waals surface area contributed by atoms with Gasteiger partial charge in [0.15, 0.2) is 0 Å². The van der Waals surface area contributed by atoms with E-state index < -0.39 is 18.4 Å². The molecule has 0 fully saturated rings. The van der Waals surface area contributed by atoms with Crippen LogP contribution in [-0.4, -0.2) is 18.4 Å². The molecule has 0 nitrogen and oxygen atoms in total. The summed E-state index contributed by atoms with van der Waals surface area (Å²) in [6, 6.07) is 15.3. The number of unbranched alkanes of at least 4 members (excludes halogenated alkanes) is 3. The van der Waals surface area contributed by atoms with Crippen LogP contribution in [0.4, 0.5) is 0 Å². The van der Waals surface area contributed by atoms with Crippen LogP contribution in [0.3, 0.4) is 0 Å². The predicted molar refractivity (Wildman–Crippen MR) is 116 cm³/mol. The molecular weight excluding hydrogens is 407 g/mol. The zero-order chi connectivity index (χ0) is 18.0. The maximum absolute atomic E-state index is 3.98. The summed E-state index contributed by atoms with van der Waals surface area (Å²) >= 11 is -2.33. The van der Waals surface area contributed by atoms with Gasteiger partial charge in [-0.15, -0.1) is 0 Å². The van der Waals surface area contributed by atoms with E-state index in [0.29, 0.717) is 0 Å². The summed E-state index contributed by atoms with van der Waals surface area (Å²) in [7, 11) is 0. The maximum atomic E-state index is 3.98. The first-order chi connectivity index (χ1) is 12.2. The third-order valence-electron chi connectivity index (χ3n) is 5.25. The summed E-state index contributed by atoms with van der Waals surface area (Å²) in [5.74, 6) is 3.65. The number of hydrogen-bond acceptors (Lipinski definition) is 0. The molecule has 0 radical (unpaired) electrons. The summed E-state index contributed by atoms with van der Waals surface area (Å²) in [5, 5.41) is 2.62. The molecule has 0 spiro atoms. The monoisotopic (exact) mass is 442 g/mol. The van der Waals surface area contributed by atoms with E-state index in [2.05, 4.69) is 73.1 Å². The van der Waals surface area contributed by atoms with Gasteiger partial charge in [0.05, 0.1) is 0 Å². The van der Waals surface area contributed by atoms with Crippen LogP contribution >= 0.6 is 0 Å². The van der Waals surface area contributed by atoms with E-state index in [1.807, 2.05) is 0 Å². The number of benzene rings is 2. The second-order valence-electron chi connectivity index (χ2n) is 7.40. The molecule has 134 valence electrons. The van der Waals surface area contributed by atoms with Crippen molar-refractivity contribution in [2.24, 2.45) is 0 Å². The normalized spacial score (nSPS) is 11.3. The molecule has 1 heteroatoms. The third-order valence-corrected chi connectivity index (χ3v) is 18.3. The first-order valence-electron chi connectivity index (χ1n) is 10.2. The van der Waals surface area contributed by atoms with E-state index in [-0.39, 0.29) is 0 Å². The Bertz CT molecular complexity index is 683. The van der Waals surface area contributed by atoms with Gasteiger partial charge in [-0.05, 0) is 0 Å². The SMILES string of the molecule is CCC[CH2][Sn]([C]#Cc1ccc2ccccc2c1)([CH2]CCC)[CH2]CCC. The van der Waals surface area contributed by atoms with Crippen molar-refractivity contribution < 1.29 is 0 Å². The van der Waals surface area contributed by atoms with Crippen molar-refractivity contribution in [1.29, 1.82) is 0 Å². The van der Waals surface area contributed by atoms with Crippen molar-refractivity contribution in [3.63, 3.8) is 0 Å². The van der Waals surface area contributed by atoms with E-state index >= 15 is 0 Å². The molecule has 0 aliphatic heterocycles. The quantitative estimate of drug-likeness (QED) is 0.278. The van der Waals surface area contributed by atoms with E-state index in [9.17, 15) is 0 Å². The first kappa shape index (κ1) is 20.4. The summed E-state index contributed by atoms with van der Waals surface area (Å²) < 4.78 is 8.37. The van der Waals surface area contributed by atoms with Gasteiger partial charge in [0, 0.05) is 0 Å². The fourth-order valence-electron chi connectivity index (χ4n) is 3.58. The zero-order valence-electron chi connectivity index (χ0n) is 16.4. The van der Waals surface area contributed by atoms with Crippen LogP contribution in [0.15, 0.2) is 42.5 Å². The molecule has 2 rings (SSSR count). The molecule has 0 saturated carbocycles. The van der Waals surface area contributed by atoms with Gasteiger partial charge in [0.25, 0.3) is 0 Å². The van der Waals surface area contributed by atoms with Gasteiger partial charge in [0.2, 0.25) is 0 Å². The van der Waals surface area contributed by atoms with Crippen LogP contribution in [-0.2, 0) is 0 Å². The molecule has 0 N–H and O–H groups in total. The molecule has 2 aromatic carbocycles. The van der Waals surface area contributed by atoms with Crippen molar-refractivity contribution in [2.45, 2.75) is 72.6 Å². The van der Waals surface area contributed by atoms with Crippen molar-refractivity contribution >= 4 is 29.1 Å². The van der Waals surface area contributed by atoms with Crippen molar-refractivity contribution in [2.75, 3.05) is 0 Å². The molecule has 0 heterocycles. The van der Waals surface area contributed by atoms with Gasteiger partial charge in [-0.25, -0.2) is 0 Å². The second-order valence-corrected chi connectivity index (χ2v) is 19.7. The van der Waals surface area contributed by atoms with Gasteiger partial charge >= 0.3 is 160 Å². The summed E-state index contributed by atoms with van der Waals surface area (Å²) in [4.78, 5) is 0. The molecule has 0 amide bonds. The van der Waals surface area contributed by atoms with Crippen LogP contribution in [0.2, 0.25) is 13.3 Å². The zero-order valence-corrected chi connectivity index (χ0v) is 19.3. The van der Waals surface area contributed by atoms with Gasteiger partial charge in [-0.3, -0.25) is 0 Å². The molecule has 25 heavy (non-hydrogen) atoms. The third kappa shape index (κ3) is 6.37. The van der Waals surface area contributed by atoms with Crippen LogP contribution in [0, 0.1) is 9.86 Å². The van der Waals surface area contributed by atoms with E-state index in [1.165, 1.54) is 68.2 Å². The van der Waals surface area contributed by atoms with Crippen molar-refractivity contribution in [3.05, 3.63) is 48.0 Å². The molecule has 0 saturated heterocycles. The number of rotatable bonds is 9. The standard InChI is InChI=1S/C12H7.3C4H9.Sn/c1-2-10-7-8-11-5-3-4-6-12(11)9-10;3*1-3-4-2;/h3-9H;3*1,3-4H2,2H3;. The van der Waals surface area contributed by atoms with Crippen LogP contribution in [0.1, 0.15) is 64.9 Å². The van der Waals surface area contributed by atoms with Gasteiger partial charge in [0.1, 0.15) is 0 Å². The molecular formula is C24H34Sn. The Morgan fingerprint density at radius 3 is 1.84 bits per heavy atom. The summed E-state index contributed by atoms with van der Waals surface area (Å²) in [6.45, 7) is 6.98. The average Bonchev–Trinajstić information content (AvgIpc) is 2.66. The van der Waals surface area contributed by atoms with E-state index in [1.54, 1.807) is 0 Å². The molecule has 2 aromatic rings. The molecule has 0 aliphatic carbocycles. The predicted octanol–water partition coefficient (Wildman–Crippen LogP) is 7.58. The van der Waals surface area contributed by atoms with Crippen LogP contribution < -0.4 is 0 Å². The number of hydrogen-bond donors (Lipinski definition) is 0. The minimum atomic E-state index is -2.33. The Morgan fingerprint density at radius 2 is 1.28 bits per heavy atom. The van der Waals surface area contributed by atoms with Crippen LogP contribution in [0.25, 0.3) is 10.8 Å². The summed E-state index contributed by atoms with van der Waals surface area (Å²) in [6.07, 6.45) is 8.10. The van der Waals surface area contributed by atoms with Gasteiger partial charge in [-0.1, -0.05) is 0 Å². The Kier molecular flexibility index (Phi) is 8.90.